The molecule has 2 aromatic heterocycles. The molecule has 5 aromatic rings. The lowest BCUT2D eigenvalue weighted by Crippen LogP contribution is -2.14. The Hall–Kier alpha value is -3.15. The molecule has 31 heavy (non-hydrogen) atoms. The number of thiophene rings is 1. The third-order valence-corrected chi connectivity index (χ3v) is 6.58. The van der Waals surface area contributed by atoms with Crippen LogP contribution in [0.4, 0.5) is 11.5 Å². The summed E-state index contributed by atoms with van der Waals surface area (Å²) in [4.78, 5) is 11.3. The number of nitrogens with one attached hydrogen (secondary N) is 2. The first-order valence-electron chi connectivity index (χ1n) is 10.2. The van der Waals surface area contributed by atoms with E-state index in [1.165, 1.54) is 21.2 Å². The van der Waals surface area contributed by atoms with Gasteiger partial charge >= 0.3 is 0 Å². The van der Waals surface area contributed by atoms with Crippen molar-refractivity contribution in [3.8, 4) is 11.1 Å². The summed E-state index contributed by atoms with van der Waals surface area (Å²) >= 11 is 7.78. The van der Waals surface area contributed by atoms with Crippen molar-refractivity contribution < 1.29 is 0 Å². The summed E-state index contributed by atoms with van der Waals surface area (Å²) < 4.78 is 0. The lowest BCUT2D eigenvalue weighted by molar-refractivity contribution is 1.06. The summed E-state index contributed by atoms with van der Waals surface area (Å²) in [7, 11) is 0. The molecule has 0 aliphatic heterocycles. The lowest BCUT2D eigenvalue weighted by atomic mass is 10.0. The van der Waals surface area contributed by atoms with Gasteiger partial charge in [-0.1, -0.05) is 60.1 Å². The van der Waals surface area contributed by atoms with Gasteiger partial charge in [-0.05, 0) is 36.1 Å². The van der Waals surface area contributed by atoms with Crippen molar-refractivity contribution >= 4 is 55.4 Å². The van der Waals surface area contributed by atoms with Crippen LogP contribution in [0.2, 0.25) is 5.02 Å². The highest BCUT2D eigenvalue weighted by molar-refractivity contribution is 7.19. The molecule has 6 heteroatoms. The van der Waals surface area contributed by atoms with Gasteiger partial charge < -0.3 is 10.6 Å². The lowest BCUT2D eigenvalue weighted by Gasteiger charge is -2.12. The average Bonchev–Trinajstić information content (AvgIpc) is 3.14. The third-order valence-electron chi connectivity index (χ3n) is 5.32. The predicted octanol–water partition coefficient (Wildman–Crippen LogP) is 7.00. The van der Waals surface area contributed by atoms with Crippen LogP contribution in [0.15, 0.2) is 73.1 Å². The van der Waals surface area contributed by atoms with Crippen LogP contribution in [0.1, 0.15) is 4.88 Å². The number of hydrogen-bond donors (Lipinski definition) is 2. The molecule has 0 atom stereocenters. The summed E-state index contributed by atoms with van der Waals surface area (Å²) in [5, 5.41) is 11.3. The Labute approximate surface area is 189 Å². The predicted molar refractivity (Wildman–Crippen MR) is 134 cm³/mol. The molecule has 0 spiro atoms. The molecule has 0 saturated heterocycles. The molecule has 0 bridgehead atoms. The zero-order chi connectivity index (χ0) is 21.2. The number of rotatable bonds is 6. The molecular weight excluding hydrogens is 424 g/mol. The Kier molecular flexibility index (Phi) is 5.45. The van der Waals surface area contributed by atoms with E-state index in [9.17, 15) is 0 Å². The first-order valence-corrected chi connectivity index (χ1v) is 11.4. The number of hydrogen-bond acceptors (Lipinski definition) is 5. The summed E-state index contributed by atoms with van der Waals surface area (Å²) in [5.41, 5.74) is 3.43. The largest absolute Gasteiger partial charge is 0.383 e. The van der Waals surface area contributed by atoms with Gasteiger partial charge in [0.05, 0.1) is 5.39 Å². The van der Waals surface area contributed by atoms with Crippen LogP contribution >= 0.6 is 22.9 Å². The highest BCUT2D eigenvalue weighted by atomic mass is 35.5. The smallest absolute Gasteiger partial charge is 0.138 e. The second-order valence-corrected chi connectivity index (χ2v) is 8.96. The van der Waals surface area contributed by atoms with Gasteiger partial charge in [0.1, 0.15) is 17.0 Å². The van der Waals surface area contributed by atoms with Gasteiger partial charge in [-0.25, -0.2) is 9.97 Å². The first kappa shape index (κ1) is 19.8. The molecular formula is C25H21ClN4S. The van der Waals surface area contributed by atoms with Crippen molar-refractivity contribution in [3.63, 3.8) is 0 Å². The van der Waals surface area contributed by atoms with Gasteiger partial charge in [0.2, 0.25) is 0 Å². The Morgan fingerprint density at radius 2 is 1.65 bits per heavy atom. The third kappa shape index (κ3) is 3.94. The monoisotopic (exact) mass is 444 g/mol. The van der Waals surface area contributed by atoms with Crippen molar-refractivity contribution in [2.75, 3.05) is 23.7 Å². The molecule has 0 fully saturated rings. The minimum Gasteiger partial charge on any atom is -0.383 e. The van der Waals surface area contributed by atoms with Crippen molar-refractivity contribution in [1.29, 1.82) is 0 Å². The van der Waals surface area contributed by atoms with E-state index < -0.39 is 0 Å². The summed E-state index contributed by atoms with van der Waals surface area (Å²) in [6.07, 6.45) is 1.63. The molecule has 4 nitrogen and oxygen atoms in total. The van der Waals surface area contributed by atoms with Crippen LogP contribution in [-0.4, -0.2) is 23.1 Å². The summed E-state index contributed by atoms with van der Waals surface area (Å²) in [6.45, 7) is 3.64. The summed E-state index contributed by atoms with van der Waals surface area (Å²) in [5.74, 6) is 0.860. The minimum atomic E-state index is 0.732. The van der Waals surface area contributed by atoms with Crippen molar-refractivity contribution in [2.45, 2.75) is 6.92 Å². The Morgan fingerprint density at radius 3 is 2.52 bits per heavy atom. The number of aromatic nitrogens is 2. The Balaban J connectivity index is 1.38. The quantitative estimate of drug-likeness (QED) is 0.277. The number of halogens is 1. The first-order chi connectivity index (χ1) is 15.2. The van der Waals surface area contributed by atoms with E-state index >= 15 is 0 Å². The highest BCUT2D eigenvalue weighted by Gasteiger charge is 2.16. The summed E-state index contributed by atoms with van der Waals surface area (Å²) in [6, 6.07) is 22.7. The molecule has 2 N–H and O–H groups in total. The molecule has 3 aromatic carbocycles. The van der Waals surface area contributed by atoms with Crippen LogP contribution < -0.4 is 10.6 Å². The van der Waals surface area contributed by atoms with E-state index in [0.717, 1.165) is 45.4 Å². The van der Waals surface area contributed by atoms with Crippen molar-refractivity contribution in [1.82, 2.24) is 9.97 Å². The van der Waals surface area contributed by atoms with Gasteiger partial charge in [0, 0.05) is 39.6 Å². The van der Waals surface area contributed by atoms with E-state index in [2.05, 4.69) is 82.1 Å². The Bertz CT molecular complexity index is 1360. The van der Waals surface area contributed by atoms with E-state index in [4.69, 9.17) is 11.6 Å². The van der Waals surface area contributed by atoms with Gasteiger partial charge in [0.25, 0.3) is 0 Å². The van der Waals surface area contributed by atoms with Crippen LogP contribution in [0.25, 0.3) is 32.1 Å². The maximum absolute atomic E-state index is 6.09. The molecule has 0 radical (unpaired) electrons. The zero-order valence-electron chi connectivity index (χ0n) is 17.0. The van der Waals surface area contributed by atoms with E-state index in [1.54, 1.807) is 17.7 Å². The van der Waals surface area contributed by atoms with Crippen LogP contribution in [0, 0.1) is 6.92 Å². The maximum atomic E-state index is 6.09. The molecule has 0 amide bonds. The fraction of sp³-hybridized carbons (Fsp3) is 0.120. The zero-order valence-corrected chi connectivity index (χ0v) is 18.6. The topological polar surface area (TPSA) is 49.8 Å². The molecule has 0 aliphatic carbocycles. The molecule has 5 rings (SSSR count). The highest BCUT2D eigenvalue weighted by Crippen LogP contribution is 2.40. The SMILES string of the molecule is Cc1sc2ncnc(NCCNc3cccc4ccccc34)c2c1-c1ccc(Cl)cc1. The van der Waals surface area contributed by atoms with Crippen molar-refractivity contribution in [3.05, 3.63) is 83.0 Å². The average molecular weight is 445 g/mol. The van der Waals surface area contributed by atoms with Crippen LogP contribution in [0.5, 0.6) is 0 Å². The number of nitrogens with zero attached hydrogens (tertiary/aromatic N) is 2. The number of fused-ring (bicyclic) bond motifs is 2. The van der Waals surface area contributed by atoms with E-state index in [0.29, 0.717) is 0 Å². The fourth-order valence-corrected chi connectivity index (χ4v) is 5.04. The normalized spacial score (nSPS) is 11.2. The fourth-order valence-electron chi connectivity index (χ4n) is 3.90. The molecule has 0 unspecified atom stereocenters. The second-order valence-electron chi connectivity index (χ2n) is 7.32. The molecule has 2 heterocycles. The Morgan fingerprint density at radius 1 is 0.871 bits per heavy atom. The maximum Gasteiger partial charge on any atom is 0.138 e. The van der Waals surface area contributed by atoms with E-state index in [-0.39, 0.29) is 0 Å². The minimum absolute atomic E-state index is 0.732. The number of anilines is 2. The number of benzene rings is 3. The standard InChI is InChI=1S/C25H21ClN4S/c1-16-22(18-9-11-19(26)12-10-18)23-24(29-15-30-25(23)31-16)28-14-13-27-21-8-4-6-17-5-2-3-7-20(17)21/h2-12,15,27H,13-14H2,1H3,(H,28,29,30). The van der Waals surface area contributed by atoms with E-state index in [1.807, 2.05) is 12.1 Å². The van der Waals surface area contributed by atoms with Crippen LogP contribution in [-0.2, 0) is 0 Å². The van der Waals surface area contributed by atoms with Crippen molar-refractivity contribution in [2.24, 2.45) is 0 Å². The van der Waals surface area contributed by atoms with Gasteiger partial charge in [0.15, 0.2) is 0 Å². The van der Waals surface area contributed by atoms with Gasteiger partial charge in [-0.3, -0.25) is 0 Å². The number of aryl methyl sites for hydroxylation is 1. The molecule has 154 valence electrons. The van der Waals surface area contributed by atoms with Crippen LogP contribution in [0.3, 0.4) is 0 Å². The second kappa shape index (κ2) is 8.53. The molecule has 0 aliphatic rings. The van der Waals surface area contributed by atoms with Gasteiger partial charge in [-0.15, -0.1) is 11.3 Å². The molecule has 0 saturated carbocycles. The van der Waals surface area contributed by atoms with Gasteiger partial charge in [-0.2, -0.15) is 0 Å².